The second kappa shape index (κ2) is 5.02. The molecule has 4 nitrogen and oxygen atoms in total. The van der Waals surface area contributed by atoms with Gasteiger partial charge in [0.15, 0.2) is 0 Å². The molecular weight excluding hydrogens is 209 g/mol. The molecule has 0 amide bonds. The quantitative estimate of drug-likeness (QED) is 0.770. The SMILES string of the molecule is CCOC(=O)[C@H](F)[C@@H](O)c1cscn1. The molecule has 0 radical (unpaired) electrons. The average Bonchev–Trinajstić information content (AvgIpc) is 2.68. The molecule has 0 aromatic carbocycles. The minimum atomic E-state index is -2.07. The largest absolute Gasteiger partial charge is 0.464 e. The number of ether oxygens (including phenoxy) is 1. The summed E-state index contributed by atoms with van der Waals surface area (Å²) in [6.07, 6.45) is -3.61. The first-order valence-corrected chi connectivity index (χ1v) is 4.98. The van der Waals surface area contributed by atoms with Crippen LogP contribution in [0.4, 0.5) is 4.39 Å². The highest BCUT2D eigenvalue weighted by atomic mass is 32.1. The van der Waals surface area contributed by atoms with E-state index in [0.717, 1.165) is 0 Å². The second-order valence-corrected chi connectivity index (χ2v) is 3.23. The first kappa shape index (κ1) is 11.1. The molecule has 1 N–H and O–H groups in total. The van der Waals surface area contributed by atoms with E-state index in [0.29, 0.717) is 0 Å². The number of aliphatic hydroxyl groups is 1. The van der Waals surface area contributed by atoms with Crippen molar-refractivity contribution in [2.75, 3.05) is 6.61 Å². The highest BCUT2D eigenvalue weighted by Crippen LogP contribution is 2.19. The Bertz CT molecular complexity index is 291. The van der Waals surface area contributed by atoms with Crippen molar-refractivity contribution < 1.29 is 19.0 Å². The first-order chi connectivity index (χ1) is 6.66. The van der Waals surface area contributed by atoms with Gasteiger partial charge in [-0.2, -0.15) is 0 Å². The van der Waals surface area contributed by atoms with Gasteiger partial charge < -0.3 is 9.84 Å². The highest BCUT2D eigenvalue weighted by molar-refractivity contribution is 7.07. The van der Waals surface area contributed by atoms with E-state index in [4.69, 9.17) is 0 Å². The fraction of sp³-hybridized carbons (Fsp3) is 0.500. The Morgan fingerprint density at radius 3 is 3.07 bits per heavy atom. The van der Waals surface area contributed by atoms with Crippen molar-refractivity contribution in [3.8, 4) is 0 Å². The maximum absolute atomic E-state index is 13.2. The number of aromatic nitrogens is 1. The van der Waals surface area contributed by atoms with E-state index >= 15 is 0 Å². The van der Waals surface area contributed by atoms with Crippen molar-refractivity contribution in [2.45, 2.75) is 19.2 Å². The number of alkyl halides is 1. The smallest absolute Gasteiger partial charge is 0.343 e. The van der Waals surface area contributed by atoms with Crippen molar-refractivity contribution in [1.82, 2.24) is 4.98 Å². The summed E-state index contributed by atoms with van der Waals surface area (Å²) in [7, 11) is 0. The zero-order valence-corrected chi connectivity index (χ0v) is 8.33. The first-order valence-electron chi connectivity index (χ1n) is 4.03. The molecule has 14 heavy (non-hydrogen) atoms. The molecule has 1 rings (SSSR count). The van der Waals surface area contributed by atoms with E-state index in [2.05, 4.69) is 9.72 Å². The zero-order chi connectivity index (χ0) is 10.6. The van der Waals surface area contributed by atoms with Gasteiger partial charge in [-0.15, -0.1) is 11.3 Å². The van der Waals surface area contributed by atoms with Gasteiger partial charge in [0, 0.05) is 5.38 Å². The minimum Gasteiger partial charge on any atom is -0.464 e. The zero-order valence-electron chi connectivity index (χ0n) is 7.51. The Morgan fingerprint density at radius 2 is 2.57 bits per heavy atom. The van der Waals surface area contributed by atoms with Gasteiger partial charge >= 0.3 is 5.97 Å². The lowest BCUT2D eigenvalue weighted by molar-refractivity contribution is -0.153. The Hall–Kier alpha value is -1.01. The van der Waals surface area contributed by atoms with Crippen LogP contribution in [0.25, 0.3) is 0 Å². The average molecular weight is 219 g/mol. The molecule has 0 saturated carbocycles. The van der Waals surface area contributed by atoms with Gasteiger partial charge in [-0.05, 0) is 6.92 Å². The van der Waals surface area contributed by atoms with Crippen LogP contribution in [-0.2, 0) is 9.53 Å². The van der Waals surface area contributed by atoms with Gasteiger partial charge in [-0.3, -0.25) is 0 Å². The molecule has 1 heterocycles. The molecule has 0 bridgehead atoms. The molecule has 0 spiro atoms. The summed E-state index contributed by atoms with van der Waals surface area (Å²) in [4.78, 5) is 14.6. The lowest BCUT2D eigenvalue weighted by atomic mass is 10.2. The molecular formula is C8H10FNO3S. The minimum absolute atomic E-state index is 0.0863. The number of rotatable bonds is 4. The predicted octanol–water partition coefficient (Wildman–Crippen LogP) is 1.08. The number of nitrogens with zero attached hydrogens (tertiary/aromatic N) is 1. The van der Waals surface area contributed by atoms with E-state index in [-0.39, 0.29) is 12.3 Å². The summed E-state index contributed by atoms with van der Waals surface area (Å²) in [6, 6.07) is 0. The molecule has 0 aliphatic rings. The van der Waals surface area contributed by atoms with E-state index in [1.165, 1.54) is 22.2 Å². The summed E-state index contributed by atoms with van der Waals surface area (Å²) in [6.45, 7) is 1.66. The van der Waals surface area contributed by atoms with Crippen LogP contribution < -0.4 is 0 Å². The topological polar surface area (TPSA) is 59.4 Å². The van der Waals surface area contributed by atoms with E-state index in [1.54, 1.807) is 6.92 Å². The molecule has 0 unspecified atom stereocenters. The summed E-state index contributed by atoms with van der Waals surface area (Å²) in [5.74, 6) is -1.06. The number of hydrogen-bond donors (Lipinski definition) is 1. The molecule has 0 aliphatic heterocycles. The molecule has 6 heteroatoms. The van der Waals surface area contributed by atoms with Crippen molar-refractivity contribution in [3.05, 3.63) is 16.6 Å². The summed E-state index contributed by atoms with van der Waals surface area (Å²) in [5.41, 5.74) is 1.60. The third kappa shape index (κ3) is 2.49. The maximum atomic E-state index is 13.2. The van der Waals surface area contributed by atoms with Crippen LogP contribution in [0.15, 0.2) is 10.9 Å². The monoisotopic (exact) mass is 219 g/mol. The fourth-order valence-electron chi connectivity index (χ4n) is 0.869. The summed E-state index contributed by atoms with van der Waals surface area (Å²) in [5, 5.41) is 10.8. The number of thiazole rings is 1. The fourth-order valence-corrected chi connectivity index (χ4v) is 1.45. The number of carbonyl (C=O) groups excluding carboxylic acids is 1. The lowest BCUT2D eigenvalue weighted by Gasteiger charge is -2.11. The highest BCUT2D eigenvalue weighted by Gasteiger charge is 2.30. The third-order valence-electron chi connectivity index (χ3n) is 1.54. The van der Waals surface area contributed by atoms with Gasteiger partial charge in [0.25, 0.3) is 0 Å². The van der Waals surface area contributed by atoms with Gasteiger partial charge in [0.2, 0.25) is 6.17 Å². The van der Waals surface area contributed by atoms with Gasteiger partial charge in [0.1, 0.15) is 6.10 Å². The number of carbonyl (C=O) groups is 1. The Balaban J connectivity index is 2.61. The van der Waals surface area contributed by atoms with Crippen LogP contribution in [0, 0.1) is 0 Å². The number of hydrogen-bond acceptors (Lipinski definition) is 5. The Labute approximate surface area is 84.4 Å². The molecule has 0 aliphatic carbocycles. The van der Waals surface area contributed by atoms with Gasteiger partial charge in [0.05, 0.1) is 17.8 Å². The normalized spacial score (nSPS) is 14.8. The van der Waals surface area contributed by atoms with E-state index in [9.17, 15) is 14.3 Å². The maximum Gasteiger partial charge on any atom is 0.343 e. The molecule has 1 aromatic rings. The lowest BCUT2D eigenvalue weighted by Crippen LogP contribution is -2.26. The van der Waals surface area contributed by atoms with Crippen LogP contribution in [-0.4, -0.2) is 28.8 Å². The number of esters is 1. The van der Waals surface area contributed by atoms with Crippen LogP contribution in [0.3, 0.4) is 0 Å². The summed E-state index contributed by atoms with van der Waals surface area (Å²) < 4.78 is 17.6. The Morgan fingerprint density at radius 1 is 1.86 bits per heavy atom. The van der Waals surface area contributed by atoms with Crippen LogP contribution >= 0.6 is 11.3 Å². The molecule has 0 saturated heterocycles. The van der Waals surface area contributed by atoms with Crippen molar-refractivity contribution in [2.24, 2.45) is 0 Å². The standard InChI is InChI=1S/C8H10FNO3S/c1-2-13-8(12)6(9)7(11)5-3-14-4-10-5/h3-4,6-7,11H,2H2,1H3/t6-,7+/m1/s1. The number of halogens is 1. The predicted molar refractivity (Wildman–Crippen MR) is 48.6 cm³/mol. The van der Waals surface area contributed by atoms with E-state index in [1.807, 2.05) is 0 Å². The van der Waals surface area contributed by atoms with Gasteiger partial charge in [-0.25, -0.2) is 14.2 Å². The third-order valence-corrected chi connectivity index (χ3v) is 2.15. The van der Waals surface area contributed by atoms with Crippen molar-refractivity contribution in [1.29, 1.82) is 0 Å². The Kier molecular flexibility index (Phi) is 3.97. The molecule has 2 atom stereocenters. The van der Waals surface area contributed by atoms with E-state index < -0.39 is 18.2 Å². The van der Waals surface area contributed by atoms with Gasteiger partial charge in [-0.1, -0.05) is 0 Å². The molecule has 1 aromatic heterocycles. The van der Waals surface area contributed by atoms with Crippen molar-refractivity contribution >= 4 is 17.3 Å². The molecule has 78 valence electrons. The summed E-state index contributed by atoms with van der Waals surface area (Å²) >= 11 is 1.22. The van der Waals surface area contributed by atoms with Crippen LogP contribution in [0.5, 0.6) is 0 Å². The van der Waals surface area contributed by atoms with Crippen LogP contribution in [0.2, 0.25) is 0 Å². The van der Waals surface area contributed by atoms with Crippen molar-refractivity contribution in [3.63, 3.8) is 0 Å². The second-order valence-electron chi connectivity index (χ2n) is 2.51. The molecule has 0 fully saturated rings. The van der Waals surface area contributed by atoms with Crippen LogP contribution in [0.1, 0.15) is 18.7 Å². The number of aliphatic hydroxyl groups excluding tert-OH is 1.